The third kappa shape index (κ3) is 2.43. The van der Waals surface area contributed by atoms with E-state index in [2.05, 4.69) is 26.8 Å². The van der Waals surface area contributed by atoms with Gasteiger partial charge in [0.05, 0.1) is 18.3 Å². The van der Waals surface area contributed by atoms with Crippen LogP contribution in [0, 0.1) is 57.7 Å². The first-order chi connectivity index (χ1) is 11.8. The Morgan fingerprint density at radius 2 is 1.64 bits per heavy atom. The summed E-state index contributed by atoms with van der Waals surface area (Å²) >= 11 is 0. The summed E-state index contributed by atoms with van der Waals surface area (Å²) in [5.41, 5.74) is 0.526. The van der Waals surface area contributed by atoms with E-state index < -0.39 is 0 Å². The van der Waals surface area contributed by atoms with Gasteiger partial charge in [-0.1, -0.05) is 13.8 Å². The van der Waals surface area contributed by atoms with E-state index in [4.69, 9.17) is 0 Å². The van der Waals surface area contributed by atoms with Crippen molar-refractivity contribution < 1.29 is 10.2 Å². The Hall–Kier alpha value is -0.590. The second kappa shape index (κ2) is 5.96. The van der Waals surface area contributed by atoms with Gasteiger partial charge in [-0.2, -0.15) is 5.26 Å². The molecule has 2 N–H and O–H groups in total. The number of aliphatic hydroxyl groups is 2. The van der Waals surface area contributed by atoms with Crippen molar-refractivity contribution in [1.82, 2.24) is 0 Å². The predicted octanol–water partition coefficient (Wildman–Crippen LogP) is 4.14. The van der Waals surface area contributed by atoms with E-state index in [0.717, 1.165) is 32.1 Å². The molecule has 4 fully saturated rings. The molecular formula is C22H35NO2. The van der Waals surface area contributed by atoms with Crippen molar-refractivity contribution in [2.24, 2.45) is 46.3 Å². The summed E-state index contributed by atoms with van der Waals surface area (Å²) in [5.74, 6) is 2.68. The van der Waals surface area contributed by atoms with Gasteiger partial charge in [-0.25, -0.2) is 0 Å². The van der Waals surface area contributed by atoms with Crippen LogP contribution in [0.4, 0.5) is 0 Å². The fraction of sp³-hybridized carbons (Fsp3) is 0.955. The zero-order chi connectivity index (χ0) is 18.0. The molecule has 0 spiro atoms. The molecule has 25 heavy (non-hydrogen) atoms. The highest BCUT2D eigenvalue weighted by atomic mass is 16.3. The number of nitriles is 1. The second-order valence-electron chi connectivity index (χ2n) is 10.4. The Morgan fingerprint density at radius 3 is 2.36 bits per heavy atom. The van der Waals surface area contributed by atoms with Gasteiger partial charge in [-0.15, -0.1) is 0 Å². The number of fused-ring (bicyclic) bond motifs is 5. The first-order valence-electron chi connectivity index (χ1n) is 10.6. The fourth-order valence-corrected chi connectivity index (χ4v) is 8.15. The highest BCUT2D eigenvalue weighted by molar-refractivity contribution is 5.12. The number of nitrogens with zero attached hydrogens (tertiary/aromatic N) is 1. The molecule has 4 aliphatic carbocycles. The molecule has 4 saturated carbocycles. The Kier molecular flexibility index (Phi) is 4.25. The van der Waals surface area contributed by atoms with Crippen LogP contribution in [0.25, 0.3) is 0 Å². The van der Waals surface area contributed by atoms with Crippen molar-refractivity contribution in [2.75, 3.05) is 0 Å². The van der Waals surface area contributed by atoms with Gasteiger partial charge >= 0.3 is 0 Å². The number of rotatable bonds is 1. The molecule has 0 unspecified atom stereocenters. The minimum absolute atomic E-state index is 0.125. The van der Waals surface area contributed by atoms with E-state index in [0.29, 0.717) is 35.0 Å². The summed E-state index contributed by atoms with van der Waals surface area (Å²) in [6.45, 7) is 6.98. The minimum atomic E-state index is -0.214. The van der Waals surface area contributed by atoms with E-state index in [1.165, 1.54) is 19.3 Å². The van der Waals surface area contributed by atoms with Crippen LogP contribution in [0.15, 0.2) is 0 Å². The first kappa shape index (κ1) is 17.8. The zero-order valence-corrected chi connectivity index (χ0v) is 16.1. The van der Waals surface area contributed by atoms with Crippen molar-refractivity contribution in [3.05, 3.63) is 0 Å². The van der Waals surface area contributed by atoms with Gasteiger partial charge in [0.25, 0.3) is 0 Å². The van der Waals surface area contributed by atoms with Crippen LogP contribution in [-0.2, 0) is 0 Å². The molecular weight excluding hydrogens is 310 g/mol. The molecule has 3 heteroatoms. The molecule has 0 bridgehead atoms. The van der Waals surface area contributed by atoms with Crippen LogP contribution < -0.4 is 0 Å². The number of aliphatic hydroxyl groups excluding tert-OH is 2. The van der Waals surface area contributed by atoms with Crippen molar-refractivity contribution in [2.45, 2.75) is 84.3 Å². The van der Waals surface area contributed by atoms with Gasteiger partial charge in [0.2, 0.25) is 0 Å². The molecule has 10 atom stereocenters. The Bertz CT molecular complexity index is 571. The Balaban J connectivity index is 1.65. The van der Waals surface area contributed by atoms with Crippen molar-refractivity contribution in [3.63, 3.8) is 0 Å². The lowest BCUT2D eigenvalue weighted by atomic mass is 9.43. The van der Waals surface area contributed by atoms with Gasteiger partial charge in [0, 0.05) is 5.92 Å². The summed E-state index contributed by atoms with van der Waals surface area (Å²) < 4.78 is 0. The Morgan fingerprint density at radius 1 is 0.960 bits per heavy atom. The molecule has 0 amide bonds. The highest BCUT2D eigenvalue weighted by Crippen LogP contribution is 2.68. The maximum absolute atomic E-state index is 11.1. The van der Waals surface area contributed by atoms with Gasteiger partial charge < -0.3 is 10.2 Å². The second-order valence-corrected chi connectivity index (χ2v) is 10.4. The summed E-state index contributed by atoms with van der Waals surface area (Å²) in [6.07, 6.45) is 8.19. The predicted molar refractivity (Wildman–Crippen MR) is 97.4 cm³/mol. The summed E-state index contributed by atoms with van der Waals surface area (Å²) in [4.78, 5) is 0. The quantitative estimate of drug-likeness (QED) is 0.751. The number of hydrogen-bond donors (Lipinski definition) is 2. The molecule has 0 saturated heterocycles. The van der Waals surface area contributed by atoms with E-state index in [-0.39, 0.29) is 23.5 Å². The van der Waals surface area contributed by atoms with Crippen molar-refractivity contribution >= 4 is 0 Å². The lowest BCUT2D eigenvalue weighted by Crippen LogP contribution is -2.58. The van der Waals surface area contributed by atoms with E-state index in [1.807, 2.05) is 0 Å². The molecule has 4 aliphatic rings. The average molecular weight is 346 g/mol. The largest absolute Gasteiger partial charge is 0.393 e. The molecule has 0 aromatic carbocycles. The molecule has 0 aliphatic heterocycles. The standard InChI is InChI=1S/C22H35NO2/c1-13(12-23)16-4-5-17-20-18(7-9-22(16,17)3)21(2)8-6-15(24)10-14(21)11-19(20)25/h13-20,24-25H,4-11H2,1-3H3/t13-,14+,15-,16-,17+,18+,19+,20+,21+,22-/m1/s1. The van der Waals surface area contributed by atoms with Crippen LogP contribution in [0.1, 0.15) is 72.1 Å². The zero-order valence-electron chi connectivity index (χ0n) is 16.1. The lowest BCUT2D eigenvalue weighted by molar-refractivity contribution is -0.173. The molecule has 0 aromatic rings. The summed E-state index contributed by atoms with van der Waals surface area (Å²) in [7, 11) is 0. The van der Waals surface area contributed by atoms with Crippen LogP contribution >= 0.6 is 0 Å². The summed E-state index contributed by atoms with van der Waals surface area (Å²) in [5, 5.41) is 30.8. The normalized spacial score (nSPS) is 56.2. The van der Waals surface area contributed by atoms with Crippen LogP contribution in [0.2, 0.25) is 0 Å². The van der Waals surface area contributed by atoms with E-state index in [9.17, 15) is 15.5 Å². The third-order valence-electron chi connectivity index (χ3n) is 9.54. The lowest BCUT2D eigenvalue weighted by Gasteiger charge is -2.62. The molecule has 3 nitrogen and oxygen atoms in total. The first-order valence-corrected chi connectivity index (χ1v) is 10.6. The monoisotopic (exact) mass is 345 g/mol. The van der Waals surface area contributed by atoms with Gasteiger partial charge in [0.1, 0.15) is 0 Å². The van der Waals surface area contributed by atoms with E-state index in [1.54, 1.807) is 0 Å². The molecule has 0 radical (unpaired) electrons. The average Bonchev–Trinajstić information content (AvgIpc) is 2.93. The fourth-order valence-electron chi connectivity index (χ4n) is 8.15. The minimum Gasteiger partial charge on any atom is -0.393 e. The van der Waals surface area contributed by atoms with Crippen LogP contribution in [-0.4, -0.2) is 22.4 Å². The molecule has 0 heterocycles. The van der Waals surface area contributed by atoms with Crippen molar-refractivity contribution in [1.29, 1.82) is 5.26 Å². The molecule has 140 valence electrons. The van der Waals surface area contributed by atoms with Crippen LogP contribution in [0.5, 0.6) is 0 Å². The van der Waals surface area contributed by atoms with Crippen LogP contribution in [0.3, 0.4) is 0 Å². The van der Waals surface area contributed by atoms with Gasteiger partial charge in [0.15, 0.2) is 0 Å². The number of hydrogen-bond acceptors (Lipinski definition) is 3. The molecule has 0 aromatic heterocycles. The van der Waals surface area contributed by atoms with Crippen molar-refractivity contribution in [3.8, 4) is 6.07 Å². The highest BCUT2D eigenvalue weighted by Gasteiger charge is 2.62. The van der Waals surface area contributed by atoms with Gasteiger partial charge in [-0.05, 0) is 98.7 Å². The van der Waals surface area contributed by atoms with Gasteiger partial charge in [-0.3, -0.25) is 0 Å². The SMILES string of the molecule is C[C@H](C#N)[C@H]1CC[C@H]2[C@@H]3[C@@H](O)C[C@@H]4C[C@H](O)CC[C@]4(C)[C@H]3CC[C@]12C. The molecule has 4 rings (SSSR count). The Labute approximate surface area is 152 Å². The smallest absolute Gasteiger partial charge is 0.0656 e. The maximum atomic E-state index is 11.1. The summed E-state index contributed by atoms with van der Waals surface area (Å²) in [6, 6.07) is 2.52. The van der Waals surface area contributed by atoms with E-state index >= 15 is 0 Å². The third-order valence-corrected chi connectivity index (χ3v) is 9.54. The topological polar surface area (TPSA) is 64.2 Å². The maximum Gasteiger partial charge on any atom is 0.0656 e.